The van der Waals surface area contributed by atoms with Crippen molar-refractivity contribution < 1.29 is 0 Å². The number of aromatic amines is 1. The van der Waals surface area contributed by atoms with Gasteiger partial charge in [0.25, 0.3) is 0 Å². The van der Waals surface area contributed by atoms with Gasteiger partial charge < -0.3 is 9.88 Å². The Labute approximate surface area is 154 Å². The fourth-order valence-electron chi connectivity index (χ4n) is 3.55. The first-order valence-electron chi connectivity index (χ1n) is 8.77. The Morgan fingerprint density at radius 1 is 1.12 bits per heavy atom. The van der Waals surface area contributed by atoms with Crippen molar-refractivity contribution in [2.45, 2.75) is 18.9 Å². The zero-order valence-electron chi connectivity index (χ0n) is 14.5. The van der Waals surface area contributed by atoms with Crippen molar-refractivity contribution in [3.05, 3.63) is 35.8 Å². The summed E-state index contributed by atoms with van der Waals surface area (Å²) in [4.78, 5) is 10.6. The van der Waals surface area contributed by atoms with Gasteiger partial charge in [0, 0.05) is 16.5 Å². The molecule has 1 saturated heterocycles. The number of benzene rings is 1. The highest BCUT2D eigenvalue weighted by molar-refractivity contribution is 7.03. The molecule has 0 bridgehead atoms. The average Bonchev–Trinajstić information content (AvgIpc) is 3.40. The van der Waals surface area contributed by atoms with E-state index in [0.717, 1.165) is 59.7 Å². The van der Waals surface area contributed by atoms with Crippen molar-refractivity contribution in [2.75, 3.05) is 20.1 Å². The molecule has 1 aromatic carbocycles. The van der Waals surface area contributed by atoms with E-state index in [2.05, 4.69) is 60.6 Å². The normalized spacial score (nSPS) is 16.5. The molecular weight excluding hydrogens is 346 g/mol. The van der Waals surface area contributed by atoms with Crippen molar-refractivity contribution >= 4 is 22.7 Å². The molecule has 0 amide bonds. The maximum Gasteiger partial charge on any atom is 0.177 e. The second-order valence-electron chi connectivity index (χ2n) is 6.81. The molecule has 0 atom stereocenters. The van der Waals surface area contributed by atoms with Gasteiger partial charge in [-0.3, -0.25) is 0 Å². The van der Waals surface area contributed by atoms with Gasteiger partial charge in [-0.2, -0.15) is 5.10 Å². The molecule has 1 aliphatic rings. The van der Waals surface area contributed by atoms with Crippen LogP contribution >= 0.6 is 11.5 Å². The van der Waals surface area contributed by atoms with Crippen LogP contribution in [0.25, 0.3) is 33.8 Å². The predicted octanol–water partition coefficient (Wildman–Crippen LogP) is 3.21. The van der Waals surface area contributed by atoms with Crippen molar-refractivity contribution in [2.24, 2.45) is 0 Å². The van der Waals surface area contributed by atoms with Crippen LogP contribution in [0.3, 0.4) is 0 Å². The standard InChI is InChI=1S/C18H19N7S/c1-24-8-6-14(7-9-24)25-18-15(10-19-25)20-17(21-18)13-4-2-12(3-5-13)16-11-26-23-22-16/h2-5,10-11,14H,6-9H2,1H3,(H,20,21). The zero-order chi connectivity index (χ0) is 17.5. The van der Waals surface area contributed by atoms with E-state index in [1.807, 2.05) is 11.6 Å². The van der Waals surface area contributed by atoms with Crippen LogP contribution in [-0.4, -0.2) is 54.4 Å². The number of nitrogens with zero attached hydrogens (tertiary/aromatic N) is 6. The maximum absolute atomic E-state index is 4.83. The summed E-state index contributed by atoms with van der Waals surface area (Å²) in [6.45, 7) is 2.21. The summed E-state index contributed by atoms with van der Waals surface area (Å²) in [5.41, 5.74) is 4.97. The first kappa shape index (κ1) is 15.7. The van der Waals surface area contributed by atoms with Gasteiger partial charge in [0.15, 0.2) is 5.65 Å². The van der Waals surface area contributed by atoms with E-state index in [9.17, 15) is 0 Å². The van der Waals surface area contributed by atoms with Crippen LogP contribution in [-0.2, 0) is 0 Å². The number of H-pyrrole nitrogens is 1. The maximum atomic E-state index is 4.83. The monoisotopic (exact) mass is 365 g/mol. The number of aromatic nitrogens is 6. The Morgan fingerprint density at radius 3 is 2.62 bits per heavy atom. The van der Waals surface area contributed by atoms with E-state index < -0.39 is 0 Å². The first-order chi connectivity index (χ1) is 12.8. The Balaban J connectivity index is 1.45. The van der Waals surface area contributed by atoms with Crippen LogP contribution in [0.2, 0.25) is 0 Å². The van der Waals surface area contributed by atoms with Crippen LogP contribution in [0, 0.1) is 0 Å². The number of likely N-dealkylation sites (tertiary alicyclic amines) is 1. The zero-order valence-corrected chi connectivity index (χ0v) is 15.3. The van der Waals surface area contributed by atoms with Crippen LogP contribution in [0.15, 0.2) is 35.8 Å². The summed E-state index contributed by atoms with van der Waals surface area (Å²) in [5.74, 6) is 0.877. The third-order valence-electron chi connectivity index (χ3n) is 5.09. The lowest BCUT2D eigenvalue weighted by atomic mass is 10.1. The van der Waals surface area contributed by atoms with Crippen molar-refractivity contribution in [3.8, 4) is 22.6 Å². The van der Waals surface area contributed by atoms with E-state index in [-0.39, 0.29) is 0 Å². The lowest BCUT2D eigenvalue weighted by Gasteiger charge is -2.28. The number of nitrogens with one attached hydrogen (secondary N) is 1. The molecule has 0 saturated carbocycles. The van der Waals surface area contributed by atoms with Gasteiger partial charge in [-0.05, 0) is 44.5 Å². The highest BCUT2D eigenvalue weighted by Gasteiger charge is 2.22. The van der Waals surface area contributed by atoms with Gasteiger partial charge in [-0.1, -0.05) is 28.8 Å². The van der Waals surface area contributed by atoms with Crippen LogP contribution in [0.5, 0.6) is 0 Å². The highest BCUT2D eigenvalue weighted by atomic mass is 32.1. The smallest absolute Gasteiger partial charge is 0.177 e. The predicted molar refractivity (Wildman–Crippen MR) is 102 cm³/mol. The van der Waals surface area contributed by atoms with Crippen molar-refractivity contribution in [1.82, 2.24) is 34.2 Å². The minimum absolute atomic E-state index is 0.430. The summed E-state index contributed by atoms with van der Waals surface area (Å²) in [7, 11) is 2.17. The van der Waals surface area contributed by atoms with E-state index in [1.165, 1.54) is 11.5 Å². The van der Waals surface area contributed by atoms with E-state index >= 15 is 0 Å². The fraction of sp³-hybridized carbons (Fsp3) is 0.333. The molecule has 4 heterocycles. The number of imidazole rings is 1. The van der Waals surface area contributed by atoms with Gasteiger partial charge in [0.2, 0.25) is 0 Å². The van der Waals surface area contributed by atoms with Gasteiger partial charge in [-0.25, -0.2) is 9.67 Å². The second kappa shape index (κ2) is 6.30. The van der Waals surface area contributed by atoms with Crippen LogP contribution in [0.4, 0.5) is 0 Å². The number of hydrogen-bond acceptors (Lipinski definition) is 6. The van der Waals surface area contributed by atoms with E-state index in [4.69, 9.17) is 4.98 Å². The summed E-state index contributed by atoms with van der Waals surface area (Å²) < 4.78 is 6.02. The minimum Gasteiger partial charge on any atom is -0.335 e. The van der Waals surface area contributed by atoms with Crippen LogP contribution in [0.1, 0.15) is 18.9 Å². The molecule has 1 fully saturated rings. The molecule has 0 aliphatic carbocycles. The molecule has 132 valence electrons. The lowest BCUT2D eigenvalue weighted by Crippen LogP contribution is -2.31. The molecule has 0 spiro atoms. The summed E-state index contributed by atoms with van der Waals surface area (Å²) >= 11 is 1.36. The molecule has 0 unspecified atom stereocenters. The molecule has 7 nitrogen and oxygen atoms in total. The summed E-state index contributed by atoms with van der Waals surface area (Å²) in [6, 6.07) is 8.68. The Morgan fingerprint density at radius 2 is 1.88 bits per heavy atom. The first-order valence-corrected chi connectivity index (χ1v) is 9.61. The molecular formula is C18H19N7S. The van der Waals surface area contributed by atoms with Crippen LogP contribution < -0.4 is 0 Å². The van der Waals surface area contributed by atoms with E-state index in [1.54, 1.807) is 0 Å². The summed E-state index contributed by atoms with van der Waals surface area (Å²) in [6.07, 6.45) is 4.12. The summed E-state index contributed by atoms with van der Waals surface area (Å²) in [5, 5.41) is 10.6. The van der Waals surface area contributed by atoms with Gasteiger partial charge in [0.1, 0.15) is 17.0 Å². The third kappa shape index (κ3) is 2.71. The molecule has 0 radical (unpaired) electrons. The number of fused-ring (bicyclic) bond motifs is 1. The Bertz CT molecular complexity index is 1010. The second-order valence-corrected chi connectivity index (χ2v) is 7.42. The van der Waals surface area contributed by atoms with Crippen molar-refractivity contribution in [1.29, 1.82) is 0 Å². The number of hydrogen-bond donors (Lipinski definition) is 1. The van der Waals surface area contributed by atoms with Gasteiger partial charge in [0.05, 0.1) is 12.2 Å². The highest BCUT2D eigenvalue weighted by Crippen LogP contribution is 2.28. The fourth-order valence-corrected chi connectivity index (χ4v) is 4.01. The molecule has 4 aromatic rings. The number of rotatable bonds is 3. The minimum atomic E-state index is 0.430. The average molecular weight is 365 g/mol. The quantitative estimate of drug-likeness (QED) is 0.603. The largest absolute Gasteiger partial charge is 0.335 e. The molecule has 1 aliphatic heterocycles. The SMILES string of the molecule is CN1CCC(n2ncc3[nH]c(-c4ccc(-c5csnn5)cc4)nc32)CC1. The Hall–Kier alpha value is -2.58. The Kier molecular flexibility index (Phi) is 3.79. The van der Waals surface area contributed by atoms with Crippen molar-refractivity contribution in [3.63, 3.8) is 0 Å². The van der Waals surface area contributed by atoms with Gasteiger partial charge >= 0.3 is 0 Å². The van der Waals surface area contributed by atoms with E-state index in [0.29, 0.717) is 6.04 Å². The topological polar surface area (TPSA) is 75.5 Å². The lowest BCUT2D eigenvalue weighted by molar-refractivity contribution is 0.215. The number of piperidine rings is 1. The molecule has 1 N–H and O–H groups in total. The third-order valence-corrected chi connectivity index (χ3v) is 5.59. The van der Waals surface area contributed by atoms with Gasteiger partial charge in [-0.15, -0.1) is 5.10 Å². The molecule has 26 heavy (non-hydrogen) atoms. The molecule has 5 rings (SSSR count). The molecule has 8 heteroatoms. The molecule has 3 aromatic heterocycles.